The lowest BCUT2D eigenvalue weighted by atomic mass is 9.92. The number of nitrogens with one attached hydrogen (secondary N) is 1. The van der Waals surface area contributed by atoms with Gasteiger partial charge < -0.3 is 10.1 Å². The molecule has 0 fully saturated rings. The Labute approximate surface area is 119 Å². The second-order valence-corrected chi connectivity index (χ2v) is 5.44. The maximum Gasteiger partial charge on any atom is 0.119 e. The van der Waals surface area contributed by atoms with E-state index in [9.17, 15) is 0 Å². The van der Waals surface area contributed by atoms with E-state index >= 15 is 0 Å². The molecule has 106 valence electrons. The molecule has 0 saturated heterocycles. The van der Waals surface area contributed by atoms with E-state index in [0.717, 1.165) is 18.6 Å². The molecule has 0 radical (unpaired) electrons. The molecular formula is C16H21N3O. The highest BCUT2D eigenvalue weighted by molar-refractivity contribution is 5.55. The molecule has 1 aliphatic rings. The monoisotopic (exact) mass is 271 g/mol. The SMILES string of the molecule is COc1ccc(NC2CCCc3c2cnn3C)c(C)c1. The van der Waals surface area contributed by atoms with E-state index in [1.54, 1.807) is 7.11 Å². The van der Waals surface area contributed by atoms with Crippen molar-refractivity contribution < 1.29 is 4.74 Å². The molecule has 1 atom stereocenters. The van der Waals surface area contributed by atoms with E-state index in [1.165, 1.54) is 28.9 Å². The summed E-state index contributed by atoms with van der Waals surface area (Å²) in [7, 11) is 3.73. The first-order chi connectivity index (χ1) is 9.69. The highest BCUT2D eigenvalue weighted by Crippen LogP contribution is 2.33. The summed E-state index contributed by atoms with van der Waals surface area (Å²) in [6.45, 7) is 2.11. The Bertz CT molecular complexity index is 618. The van der Waals surface area contributed by atoms with Crippen LogP contribution in [0.25, 0.3) is 0 Å². The Kier molecular flexibility index (Phi) is 3.38. The molecular weight excluding hydrogens is 250 g/mol. The number of nitrogens with zero attached hydrogens (tertiary/aromatic N) is 2. The molecule has 0 spiro atoms. The van der Waals surface area contributed by atoms with E-state index in [1.807, 2.05) is 24.0 Å². The minimum atomic E-state index is 0.361. The standard InChI is InChI=1S/C16H21N3O/c1-11-9-12(20-3)7-8-14(11)18-15-5-4-6-16-13(15)10-17-19(16)2/h7-10,15,18H,4-6H2,1-3H3. The summed E-state index contributed by atoms with van der Waals surface area (Å²) in [5.41, 5.74) is 5.08. The van der Waals surface area contributed by atoms with E-state index < -0.39 is 0 Å². The molecule has 2 aromatic rings. The quantitative estimate of drug-likeness (QED) is 0.931. The van der Waals surface area contributed by atoms with Gasteiger partial charge >= 0.3 is 0 Å². The second kappa shape index (κ2) is 5.19. The van der Waals surface area contributed by atoms with Gasteiger partial charge in [0.25, 0.3) is 0 Å². The molecule has 20 heavy (non-hydrogen) atoms. The van der Waals surface area contributed by atoms with Crippen molar-refractivity contribution >= 4 is 5.69 Å². The van der Waals surface area contributed by atoms with Crippen LogP contribution in [0.5, 0.6) is 5.75 Å². The molecule has 0 saturated carbocycles. The molecule has 3 rings (SSSR count). The van der Waals surface area contributed by atoms with Gasteiger partial charge in [0.2, 0.25) is 0 Å². The van der Waals surface area contributed by atoms with Crippen LogP contribution < -0.4 is 10.1 Å². The number of benzene rings is 1. The normalized spacial score (nSPS) is 17.6. The van der Waals surface area contributed by atoms with Gasteiger partial charge in [0.15, 0.2) is 0 Å². The van der Waals surface area contributed by atoms with Crippen molar-refractivity contribution in [3.63, 3.8) is 0 Å². The van der Waals surface area contributed by atoms with Crippen LogP contribution in [0.15, 0.2) is 24.4 Å². The molecule has 1 N–H and O–H groups in total. The van der Waals surface area contributed by atoms with Gasteiger partial charge in [-0.1, -0.05) is 0 Å². The highest BCUT2D eigenvalue weighted by atomic mass is 16.5. The lowest BCUT2D eigenvalue weighted by molar-refractivity contribution is 0.414. The van der Waals surface area contributed by atoms with Crippen molar-refractivity contribution in [3.05, 3.63) is 41.2 Å². The molecule has 1 heterocycles. The Morgan fingerprint density at radius 3 is 3.00 bits per heavy atom. The fourth-order valence-electron chi connectivity index (χ4n) is 2.97. The summed E-state index contributed by atoms with van der Waals surface area (Å²) in [6, 6.07) is 6.52. The van der Waals surface area contributed by atoms with Gasteiger partial charge in [-0.15, -0.1) is 0 Å². The average molecular weight is 271 g/mol. The maximum atomic E-state index is 5.26. The van der Waals surface area contributed by atoms with Crippen LogP contribution in [-0.4, -0.2) is 16.9 Å². The first kappa shape index (κ1) is 13.0. The van der Waals surface area contributed by atoms with Crippen LogP contribution in [0.1, 0.15) is 35.7 Å². The van der Waals surface area contributed by atoms with Crippen molar-refractivity contribution in [2.24, 2.45) is 7.05 Å². The number of hydrogen-bond acceptors (Lipinski definition) is 3. The lowest BCUT2D eigenvalue weighted by Gasteiger charge is -2.25. The number of fused-ring (bicyclic) bond motifs is 1. The van der Waals surface area contributed by atoms with Crippen LogP contribution >= 0.6 is 0 Å². The molecule has 4 nitrogen and oxygen atoms in total. The number of methoxy groups -OCH3 is 1. The van der Waals surface area contributed by atoms with E-state index in [4.69, 9.17) is 4.74 Å². The fraction of sp³-hybridized carbons (Fsp3) is 0.438. The van der Waals surface area contributed by atoms with Crippen LogP contribution in [0.2, 0.25) is 0 Å². The number of rotatable bonds is 3. The molecule has 0 aliphatic heterocycles. The van der Waals surface area contributed by atoms with Crippen LogP contribution in [0, 0.1) is 6.92 Å². The van der Waals surface area contributed by atoms with E-state index in [-0.39, 0.29) is 0 Å². The highest BCUT2D eigenvalue weighted by Gasteiger charge is 2.23. The number of aromatic nitrogens is 2. The molecule has 1 aliphatic carbocycles. The van der Waals surface area contributed by atoms with Crippen LogP contribution in [-0.2, 0) is 13.5 Å². The largest absolute Gasteiger partial charge is 0.497 e. The summed E-state index contributed by atoms with van der Waals surface area (Å²) >= 11 is 0. The smallest absolute Gasteiger partial charge is 0.119 e. The molecule has 4 heteroatoms. The van der Waals surface area contributed by atoms with Gasteiger partial charge in [-0.2, -0.15) is 5.10 Å². The van der Waals surface area contributed by atoms with Gasteiger partial charge in [-0.05, 0) is 49.9 Å². The van der Waals surface area contributed by atoms with Crippen molar-refractivity contribution in [2.45, 2.75) is 32.2 Å². The summed E-state index contributed by atoms with van der Waals surface area (Å²) in [5.74, 6) is 0.902. The topological polar surface area (TPSA) is 39.1 Å². The Balaban J connectivity index is 1.85. The van der Waals surface area contributed by atoms with Crippen molar-refractivity contribution in [1.82, 2.24) is 9.78 Å². The lowest BCUT2D eigenvalue weighted by Crippen LogP contribution is -2.18. The van der Waals surface area contributed by atoms with Crippen molar-refractivity contribution in [2.75, 3.05) is 12.4 Å². The summed E-state index contributed by atoms with van der Waals surface area (Å²) in [4.78, 5) is 0. The fourth-order valence-corrected chi connectivity index (χ4v) is 2.97. The summed E-state index contributed by atoms with van der Waals surface area (Å²) in [5, 5.41) is 8.06. The number of ether oxygens (including phenoxy) is 1. The third kappa shape index (κ3) is 2.26. The van der Waals surface area contributed by atoms with E-state index in [0.29, 0.717) is 6.04 Å². The maximum absolute atomic E-state index is 5.26. The molecule has 0 bridgehead atoms. The van der Waals surface area contributed by atoms with Gasteiger partial charge in [0.05, 0.1) is 19.3 Å². The molecule has 1 aromatic heterocycles. The predicted molar refractivity (Wildman–Crippen MR) is 80.2 cm³/mol. The second-order valence-electron chi connectivity index (χ2n) is 5.44. The Morgan fingerprint density at radius 2 is 2.25 bits per heavy atom. The Hall–Kier alpha value is -1.97. The number of anilines is 1. The van der Waals surface area contributed by atoms with Gasteiger partial charge in [-0.25, -0.2) is 0 Å². The Morgan fingerprint density at radius 1 is 1.40 bits per heavy atom. The van der Waals surface area contributed by atoms with Gasteiger partial charge in [0.1, 0.15) is 5.75 Å². The molecule has 0 amide bonds. The van der Waals surface area contributed by atoms with Crippen molar-refractivity contribution in [3.8, 4) is 5.75 Å². The first-order valence-electron chi connectivity index (χ1n) is 7.11. The zero-order valence-electron chi connectivity index (χ0n) is 12.3. The molecule has 1 unspecified atom stereocenters. The van der Waals surface area contributed by atoms with Crippen LogP contribution in [0.4, 0.5) is 5.69 Å². The summed E-state index contributed by atoms with van der Waals surface area (Å²) < 4.78 is 7.26. The minimum absolute atomic E-state index is 0.361. The zero-order chi connectivity index (χ0) is 14.1. The molecule has 1 aromatic carbocycles. The zero-order valence-corrected chi connectivity index (χ0v) is 12.3. The van der Waals surface area contributed by atoms with E-state index in [2.05, 4.69) is 29.5 Å². The first-order valence-corrected chi connectivity index (χ1v) is 7.11. The summed E-state index contributed by atoms with van der Waals surface area (Å²) in [6.07, 6.45) is 5.50. The third-order valence-corrected chi connectivity index (χ3v) is 4.14. The minimum Gasteiger partial charge on any atom is -0.497 e. The van der Waals surface area contributed by atoms with Gasteiger partial charge in [-0.3, -0.25) is 4.68 Å². The van der Waals surface area contributed by atoms with Crippen molar-refractivity contribution in [1.29, 1.82) is 0 Å². The average Bonchev–Trinajstić information content (AvgIpc) is 2.84. The third-order valence-electron chi connectivity index (χ3n) is 4.14. The van der Waals surface area contributed by atoms with Gasteiger partial charge in [0, 0.05) is 24.0 Å². The number of aryl methyl sites for hydroxylation is 2. The predicted octanol–water partition coefficient (Wildman–Crippen LogP) is 3.23. The van der Waals surface area contributed by atoms with Crippen LogP contribution in [0.3, 0.4) is 0 Å². The number of hydrogen-bond donors (Lipinski definition) is 1.